The molecular weight excluding hydrogens is 711 g/mol. The number of nitrogens with zero attached hydrogens (tertiary/aromatic N) is 2. The minimum atomic E-state index is -0.901. The normalized spacial score (nSPS) is 14.2. The molecular formula is C38H30BrFN2O6S. The maximum atomic E-state index is 14.1. The third kappa shape index (κ3) is 7.33. The molecule has 1 aliphatic rings. The lowest BCUT2D eigenvalue weighted by atomic mass is 9.93. The summed E-state index contributed by atoms with van der Waals surface area (Å²) in [5.74, 6) is -0.826. The molecule has 49 heavy (non-hydrogen) atoms. The van der Waals surface area contributed by atoms with E-state index in [1.165, 1.54) is 28.0 Å². The zero-order chi connectivity index (χ0) is 34.5. The molecule has 0 unspecified atom stereocenters. The zero-order valence-electron chi connectivity index (χ0n) is 26.5. The van der Waals surface area contributed by atoms with E-state index in [4.69, 9.17) is 19.2 Å². The molecule has 0 aliphatic carbocycles. The fraction of sp³-hybridized carbons (Fsp3) is 0.158. The van der Waals surface area contributed by atoms with Crippen molar-refractivity contribution < 1.29 is 28.2 Å². The van der Waals surface area contributed by atoms with E-state index in [-0.39, 0.29) is 30.3 Å². The summed E-state index contributed by atoms with van der Waals surface area (Å²) >= 11 is 4.78. The molecule has 0 fully saturated rings. The lowest BCUT2D eigenvalue weighted by Crippen LogP contribution is -2.40. The van der Waals surface area contributed by atoms with Gasteiger partial charge in [0.25, 0.3) is 5.56 Å². The van der Waals surface area contributed by atoms with Gasteiger partial charge in [0.1, 0.15) is 18.2 Å². The van der Waals surface area contributed by atoms with E-state index < -0.39 is 17.8 Å². The fourth-order valence-electron chi connectivity index (χ4n) is 5.39. The second kappa shape index (κ2) is 15.0. The summed E-state index contributed by atoms with van der Waals surface area (Å²) in [7, 11) is 0. The highest BCUT2D eigenvalue weighted by Gasteiger charge is 2.35. The van der Waals surface area contributed by atoms with Crippen molar-refractivity contribution in [3.8, 4) is 5.75 Å². The Balaban J connectivity index is 1.36. The number of halogens is 2. The Kier molecular flexibility index (Phi) is 10.3. The van der Waals surface area contributed by atoms with Crippen LogP contribution in [0.4, 0.5) is 4.39 Å². The fourth-order valence-corrected chi connectivity index (χ4v) is 6.90. The van der Waals surface area contributed by atoms with Crippen molar-refractivity contribution in [3.05, 3.63) is 160 Å². The van der Waals surface area contributed by atoms with Crippen LogP contribution < -0.4 is 19.6 Å². The predicted octanol–water partition coefficient (Wildman–Crippen LogP) is 6.59. The van der Waals surface area contributed by atoms with E-state index in [9.17, 15) is 18.8 Å². The molecule has 0 saturated carbocycles. The van der Waals surface area contributed by atoms with Gasteiger partial charge in [0.2, 0.25) is 0 Å². The highest BCUT2D eigenvalue weighted by atomic mass is 79.9. The first kappa shape index (κ1) is 33.8. The summed E-state index contributed by atoms with van der Waals surface area (Å²) in [4.78, 5) is 44.8. The number of carbonyl (C=O) groups is 2. The zero-order valence-corrected chi connectivity index (χ0v) is 28.9. The first-order valence-electron chi connectivity index (χ1n) is 15.5. The molecule has 5 aromatic rings. The van der Waals surface area contributed by atoms with Crippen LogP contribution in [-0.4, -0.2) is 29.7 Å². The molecule has 2 heterocycles. The number of thiazole rings is 1. The number of aromatic nitrogens is 1. The van der Waals surface area contributed by atoms with Crippen LogP contribution in [0.3, 0.4) is 0 Å². The van der Waals surface area contributed by atoms with Gasteiger partial charge in [-0.1, -0.05) is 72.0 Å². The third-order valence-corrected chi connectivity index (χ3v) is 9.28. The summed E-state index contributed by atoms with van der Waals surface area (Å²) in [6.07, 6.45) is 1.75. The molecule has 0 spiro atoms. The van der Waals surface area contributed by atoms with E-state index >= 15 is 0 Å². The number of carbonyl (C=O) groups excluding carboxylic acids is 2. The van der Waals surface area contributed by atoms with Crippen molar-refractivity contribution in [2.24, 2.45) is 4.99 Å². The van der Waals surface area contributed by atoms with Gasteiger partial charge in [-0.15, -0.1) is 0 Å². The third-order valence-electron chi connectivity index (χ3n) is 7.67. The lowest BCUT2D eigenvalue weighted by molar-refractivity contribution is -0.138. The molecule has 1 aromatic heterocycles. The van der Waals surface area contributed by atoms with Crippen molar-refractivity contribution in [2.75, 3.05) is 13.2 Å². The van der Waals surface area contributed by atoms with Crippen LogP contribution in [0.15, 0.2) is 117 Å². The van der Waals surface area contributed by atoms with Crippen molar-refractivity contribution >= 4 is 51.0 Å². The smallest absolute Gasteiger partial charge is 0.338 e. The minimum Gasteiger partial charge on any atom is -0.488 e. The Morgan fingerprint density at radius 3 is 2.29 bits per heavy atom. The molecule has 1 atom stereocenters. The highest BCUT2D eigenvalue weighted by molar-refractivity contribution is 9.10. The molecule has 0 N–H and O–H groups in total. The summed E-state index contributed by atoms with van der Waals surface area (Å²) in [6, 6.07) is 26.6. The van der Waals surface area contributed by atoms with Crippen LogP contribution in [0.2, 0.25) is 0 Å². The summed E-state index contributed by atoms with van der Waals surface area (Å²) in [5, 5.41) is 0. The van der Waals surface area contributed by atoms with Gasteiger partial charge >= 0.3 is 11.9 Å². The number of fused-ring (bicyclic) bond motifs is 1. The molecule has 6 rings (SSSR count). The maximum Gasteiger partial charge on any atom is 0.338 e. The maximum absolute atomic E-state index is 14.1. The average Bonchev–Trinajstić information content (AvgIpc) is 3.42. The van der Waals surface area contributed by atoms with Crippen molar-refractivity contribution in [1.29, 1.82) is 0 Å². The summed E-state index contributed by atoms with van der Waals surface area (Å²) < 4.78 is 33.1. The summed E-state index contributed by atoms with van der Waals surface area (Å²) in [6.45, 7) is 4.18. The number of rotatable bonds is 10. The lowest BCUT2D eigenvalue weighted by Gasteiger charge is -2.25. The minimum absolute atomic E-state index is 0.126. The predicted molar refractivity (Wildman–Crippen MR) is 188 cm³/mol. The van der Waals surface area contributed by atoms with Gasteiger partial charge in [0.15, 0.2) is 4.80 Å². The number of ether oxygens (including phenoxy) is 3. The quantitative estimate of drug-likeness (QED) is 0.150. The molecule has 0 radical (unpaired) electrons. The molecule has 4 aromatic carbocycles. The van der Waals surface area contributed by atoms with Gasteiger partial charge in [0, 0.05) is 5.56 Å². The van der Waals surface area contributed by atoms with E-state index in [1.807, 2.05) is 54.6 Å². The van der Waals surface area contributed by atoms with Crippen LogP contribution in [0, 0.1) is 5.82 Å². The second-order valence-electron chi connectivity index (χ2n) is 10.9. The Morgan fingerprint density at radius 1 is 0.918 bits per heavy atom. The molecule has 8 nitrogen and oxygen atoms in total. The van der Waals surface area contributed by atoms with E-state index in [0.29, 0.717) is 48.6 Å². The van der Waals surface area contributed by atoms with Gasteiger partial charge in [0.05, 0.1) is 45.1 Å². The number of hydrogen-bond donors (Lipinski definition) is 0. The summed E-state index contributed by atoms with van der Waals surface area (Å²) in [5.41, 5.74) is 3.53. The van der Waals surface area contributed by atoms with Crippen LogP contribution in [0.1, 0.15) is 52.5 Å². The van der Waals surface area contributed by atoms with E-state index in [0.717, 1.165) is 11.1 Å². The van der Waals surface area contributed by atoms with Crippen molar-refractivity contribution in [3.63, 3.8) is 0 Å². The Morgan fingerprint density at radius 2 is 1.61 bits per heavy atom. The first-order chi connectivity index (χ1) is 23.8. The molecule has 0 amide bonds. The van der Waals surface area contributed by atoms with Crippen LogP contribution in [0.25, 0.3) is 11.8 Å². The topological polar surface area (TPSA) is 96.2 Å². The number of benzene rings is 4. The van der Waals surface area contributed by atoms with Gasteiger partial charge in [-0.3, -0.25) is 9.36 Å². The Labute approximate surface area is 293 Å². The van der Waals surface area contributed by atoms with Crippen molar-refractivity contribution in [1.82, 2.24) is 4.57 Å². The van der Waals surface area contributed by atoms with Crippen LogP contribution in [0.5, 0.6) is 5.75 Å². The number of esters is 2. The van der Waals surface area contributed by atoms with Crippen LogP contribution in [-0.2, 0) is 20.9 Å². The largest absolute Gasteiger partial charge is 0.488 e. The van der Waals surface area contributed by atoms with Crippen LogP contribution >= 0.6 is 27.3 Å². The van der Waals surface area contributed by atoms with Gasteiger partial charge in [-0.2, -0.15) is 0 Å². The highest BCUT2D eigenvalue weighted by Crippen LogP contribution is 2.35. The van der Waals surface area contributed by atoms with Gasteiger partial charge < -0.3 is 14.2 Å². The molecule has 1 aliphatic heterocycles. The van der Waals surface area contributed by atoms with Crippen molar-refractivity contribution in [2.45, 2.75) is 26.5 Å². The molecule has 0 bridgehead atoms. The standard InChI is InChI=1S/C38H30BrFN2O6S/c1-3-46-36(44)27-13-10-23(11-14-27)22-48-30-19-12-24(20-29(30)39)21-31-35(43)42-34(26-15-17-28(40)18-16-26)32(37(45)47-4-2)33(41-38(42)49-31)25-8-6-5-7-9-25/h5-21,34H,3-4,22H2,1-2H3/b31-21-/t34-/m0/s1. The number of hydrogen-bond acceptors (Lipinski definition) is 8. The van der Waals surface area contributed by atoms with Gasteiger partial charge in [-0.25, -0.2) is 19.0 Å². The Bertz CT molecular complexity index is 2230. The molecule has 11 heteroatoms. The average molecular weight is 742 g/mol. The van der Waals surface area contributed by atoms with E-state index in [1.54, 1.807) is 50.3 Å². The van der Waals surface area contributed by atoms with Gasteiger partial charge in [-0.05, 0) is 88.9 Å². The SMILES string of the molecule is CCOC(=O)C1=C(c2ccccc2)N=c2s/c(=C\c3ccc(OCc4ccc(C(=O)OCC)cc4)c(Br)c3)c(=O)n2[C@H]1c1ccc(F)cc1. The Hall–Kier alpha value is -5.13. The van der Waals surface area contributed by atoms with E-state index in [2.05, 4.69) is 15.9 Å². The first-order valence-corrected chi connectivity index (χ1v) is 17.1. The monoisotopic (exact) mass is 740 g/mol. The second-order valence-corrected chi connectivity index (χ2v) is 12.7. The molecule has 0 saturated heterocycles. The molecule has 248 valence electrons.